The summed E-state index contributed by atoms with van der Waals surface area (Å²) in [7, 11) is 3.20. The normalized spacial score (nSPS) is 20.5. The Hall–Kier alpha value is -3.08. The van der Waals surface area contributed by atoms with E-state index in [1.54, 1.807) is 20.7 Å². The number of carbonyl (C=O) groups excluding carboxylic acids is 3. The van der Waals surface area contributed by atoms with Crippen molar-refractivity contribution in [1.82, 2.24) is 5.32 Å². The van der Waals surface area contributed by atoms with Gasteiger partial charge in [0.1, 0.15) is 35.4 Å². The molecule has 10 heteroatoms. The van der Waals surface area contributed by atoms with Gasteiger partial charge in [-0.05, 0) is 90.8 Å². The monoisotopic (exact) mass is 685 g/mol. The molecule has 1 aromatic heterocycles. The quantitative estimate of drug-likeness (QED) is 0.0586. The Morgan fingerprint density at radius 1 is 1.13 bits per heavy atom. The smallest absolute Gasteiger partial charge is 0.329 e. The number of allylic oxidation sites excluding steroid dienone is 2. The van der Waals surface area contributed by atoms with Crippen LogP contribution in [0.5, 0.6) is 5.75 Å². The second-order valence-electron chi connectivity index (χ2n) is 12.4. The Bertz CT molecular complexity index is 1440. The topological polar surface area (TPSA) is 90.9 Å². The van der Waals surface area contributed by atoms with Crippen molar-refractivity contribution in [2.75, 3.05) is 19.8 Å². The van der Waals surface area contributed by atoms with E-state index in [-0.39, 0.29) is 49.9 Å². The Balaban J connectivity index is 1.41. The summed E-state index contributed by atoms with van der Waals surface area (Å²) in [6.45, 7) is 20.9. The van der Waals surface area contributed by atoms with Crippen LogP contribution in [0.3, 0.4) is 0 Å². The number of rotatable bonds is 17. The highest BCUT2D eigenvalue weighted by atomic mass is 32.9. The third-order valence-corrected chi connectivity index (χ3v) is 11.9. The summed E-state index contributed by atoms with van der Waals surface area (Å²) < 4.78 is 17.5. The molecule has 0 radical (unpaired) electrons. The fourth-order valence-electron chi connectivity index (χ4n) is 5.62. The van der Waals surface area contributed by atoms with Gasteiger partial charge in [-0.25, -0.2) is 4.79 Å². The second kappa shape index (κ2) is 17.7. The molecular formula is C36H47NO6S3. The lowest BCUT2D eigenvalue weighted by molar-refractivity contribution is -0.149. The minimum Gasteiger partial charge on any atom is -0.490 e. The molecule has 2 unspecified atom stereocenters. The fraction of sp³-hybridized carbons (Fsp3) is 0.500. The zero-order valence-electron chi connectivity index (χ0n) is 27.4. The van der Waals surface area contributed by atoms with Crippen LogP contribution in [-0.4, -0.2) is 43.7 Å². The molecule has 5 atom stereocenters. The summed E-state index contributed by atoms with van der Waals surface area (Å²) in [5, 5.41) is 2.77. The molecule has 46 heavy (non-hydrogen) atoms. The van der Waals surface area contributed by atoms with Crippen molar-refractivity contribution in [3.05, 3.63) is 71.1 Å². The minimum atomic E-state index is -0.833. The van der Waals surface area contributed by atoms with Crippen LogP contribution >= 0.6 is 32.9 Å². The van der Waals surface area contributed by atoms with Crippen LogP contribution in [0.4, 0.5) is 0 Å². The highest BCUT2D eigenvalue weighted by molar-refractivity contribution is 7.80. The first kappa shape index (κ1) is 37.4. The summed E-state index contributed by atoms with van der Waals surface area (Å²) in [4.78, 5) is 39.3. The highest BCUT2D eigenvalue weighted by Crippen LogP contribution is 2.48. The van der Waals surface area contributed by atoms with Crippen LogP contribution in [0, 0.1) is 27.0 Å². The van der Waals surface area contributed by atoms with Crippen molar-refractivity contribution in [3.8, 4) is 16.2 Å². The van der Waals surface area contributed by atoms with Gasteiger partial charge < -0.3 is 19.5 Å². The van der Waals surface area contributed by atoms with E-state index in [0.29, 0.717) is 18.1 Å². The van der Waals surface area contributed by atoms with Crippen LogP contribution in [0.2, 0.25) is 0 Å². The van der Waals surface area contributed by atoms with Gasteiger partial charge in [-0.1, -0.05) is 84.9 Å². The van der Waals surface area contributed by atoms with E-state index < -0.39 is 23.9 Å². The summed E-state index contributed by atoms with van der Waals surface area (Å²) in [5.41, 5.74) is 2.93. The van der Waals surface area contributed by atoms with Crippen LogP contribution in [-0.2, 0) is 23.9 Å². The number of benzene rings is 1. The first-order valence-electron chi connectivity index (χ1n) is 15.8. The van der Waals surface area contributed by atoms with Crippen molar-refractivity contribution in [2.45, 2.75) is 72.3 Å². The lowest BCUT2D eigenvalue weighted by atomic mass is 9.61. The van der Waals surface area contributed by atoms with Gasteiger partial charge in [-0.2, -0.15) is 0 Å². The first-order chi connectivity index (χ1) is 21.9. The minimum absolute atomic E-state index is 0.0544. The number of hydrogen-bond acceptors (Lipinski definition) is 9. The molecule has 3 rings (SSSR count). The van der Waals surface area contributed by atoms with Crippen molar-refractivity contribution in [3.63, 3.8) is 0 Å². The van der Waals surface area contributed by atoms with Gasteiger partial charge in [0.2, 0.25) is 5.91 Å². The van der Waals surface area contributed by atoms with E-state index in [2.05, 4.69) is 38.9 Å². The lowest BCUT2D eigenvalue weighted by Crippen LogP contribution is -2.46. The molecule has 1 heterocycles. The van der Waals surface area contributed by atoms with Gasteiger partial charge in [-0.15, -0.1) is 6.58 Å². The van der Waals surface area contributed by atoms with Gasteiger partial charge in [0.15, 0.2) is 0 Å². The highest BCUT2D eigenvalue weighted by Gasteiger charge is 2.40. The molecule has 1 amide bonds. The Kier molecular flexibility index (Phi) is 14.4. The van der Waals surface area contributed by atoms with E-state index in [0.717, 1.165) is 44.7 Å². The van der Waals surface area contributed by atoms with Crippen LogP contribution in [0.15, 0.2) is 67.3 Å². The summed E-state index contributed by atoms with van der Waals surface area (Å²) in [5.74, 6) is -0.432. The fourth-order valence-corrected chi connectivity index (χ4v) is 8.02. The molecule has 1 aliphatic rings. The van der Waals surface area contributed by atoms with E-state index in [1.165, 1.54) is 0 Å². The Morgan fingerprint density at radius 3 is 2.46 bits per heavy atom. The summed E-state index contributed by atoms with van der Waals surface area (Å²) in [6.07, 6.45) is 5.34. The molecule has 0 aliphatic heterocycles. The Morgan fingerprint density at radius 2 is 1.85 bits per heavy atom. The van der Waals surface area contributed by atoms with Crippen molar-refractivity contribution < 1.29 is 28.6 Å². The van der Waals surface area contributed by atoms with E-state index >= 15 is 0 Å². The van der Waals surface area contributed by atoms with Crippen LogP contribution < -0.4 is 10.1 Å². The molecule has 0 saturated heterocycles. The third-order valence-electron chi connectivity index (χ3n) is 8.96. The van der Waals surface area contributed by atoms with Gasteiger partial charge in [0, 0.05) is 11.3 Å². The molecule has 2 aromatic rings. The predicted octanol–water partition coefficient (Wildman–Crippen LogP) is 8.72. The molecule has 1 saturated carbocycles. The maximum atomic E-state index is 13.2. The lowest BCUT2D eigenvalue weighted by Gasteiger charge is -2.44. The zero-order chi connectivity index (χ0) is 33.9. The average molecular weight is 686 g/mol. The molecule has 0 spiro atoms. The first-order valence-corrected chi connectivity index (χ1v) is 18.3. The van der Waals surface area contributed by atoms with Gasteiger partial charge in [0.25, 0.3) is 0 Å². The summed E-state index contributed by atoms with van der Waals surface area (Å²) >= 11 is 5.20. The maximum Gasteiger partial charge on any atom is 0.329 e. The summed E-state index contributed by atoms with van der Waals surface area (Å²) in [6, 6.07) is 8.78. The number of ether oxygens (including phenoxy) is 3. The molecule has 7 nitrogen and oxygen atoms in total. The molecular weight excluding hydrogens is 639 g/mol. The molecule has 1 aromatic carbocycles. The van der Waals surface area contributed by atoms with Crippen molar-refractivity contribution >= 4 is 50.7 Å². The average Bonchev–Trinajstić information content (AvgIpc) is 3.49. The van der Waals surface area contributed by atoms with Crippen molar-refractivity contribution in [1.29, 1.82) is 0 Å². The van der Waals surface area contributed by atoms with Gasteiger partial charge >= 0.3 is 11.9 Å². The second-order valence-corrected chi connectivity index (χ2v) is 15.3. The van der Waals surface area contributed by atoms with Gasteiger partial charge in [0.05, 0.1) is 6.42 Å². The van der Waals surface area contributed by atoms with Crippen LogP contribution in [0.25, 0.3) is 10.4 Å². The number of esters is 2. The standard InChI is InChI=1S/C36H47NO6S3/c1-8-24(5)34(35(40)43-22-25(6)29-20-27(23(3)4)16-17-36(29,7)9-2)37-31(38)14-15-32(39)42-19-18-41-28-12-10-26(11-13-28)30-21-33(44)46-45-30/h9-13,21,24,27,29,34H,2-3,6,8,14-20,22H2,1,4-5,7H3,(H,37,38)/t24?,27-,29+,34?,36-/m1/s1. The molecule has 250 valence electrons. The number of amides is 1. The molecule has 1 aliphatic carbocycles. The zero-order valence-corrected chi connectivity index (χ0v) is 29.9. The van der Waals surface area contributed by atoms with Crippen molar-refractivity contribution in [2.24, 2.45) is 23.2 Å². The third kappa shape index (κ3) is 10.7. The van der Waals surface area contributed by atoms with Gasteiger partial charge in [-0.3, -0.25) is 9.59 Å². The largest absolute Gasteiger partial charge is 0.490 e. The molecule has 0 bridgehead atoms. The Labute approximate surface area is 286 Å². The van der Waals surface area contributed by atoms with E-state index in [9.17, 15) is 14.4 Å². The molecule has 1 fully saturated rings. The van der Waals surface area contributed by atoms with Crippen LogP contribution in [0.1, 0.15) is 66.2 Å². The molecule has 1 N–H and O–H groups in total. The number of hydrogen-bond donors (Lipinski definition) is 1. The number of carbonyl (C=O) groups is 3. The predicted molar refractivity (Wildman–Crippen MR) is 190 cm³/mol. The van der Waals surface area contributed by atoms with E-state index in [4.69, 9.17) is 26.4 Å². The number of nitrogens with one attached hydrogen (secondary N) is 1. The van der Waals surface area contributed by atoms with E-state index in [1.807, 2.05) is 50.3 Å². The SMILES string of the molecule is C=C[C@]1(C)CC[C@@H](C(=C)C)C[C@H]1C(=C)COC(=O)C(NC(=O)CCC(=O)OCCOc1ccc(-c2cc(=S)ss2)cc1)C(C)CC. The maximum absolute atomic E-state index is 13.2.